The van der Waals surface area contributed by atoms with Crippen LogP contribution in [0, 0.1) is 12.8 Å². The summed E-state index contributed by atoms with van der Waals surface area (Å²) >= 11 is 3.53. The first-order valence-electron chi connectivity index (χ1n) is 9.28. The molecule has 0 saturated heterocycles. The Balaban J connectivity index is 1.83. The van der Waals surface area contributed by atoms with Crippen molar-refractivity contribution >= 4 is 32.7 Å². The number of amides is 1. The quantitative estimate of drug-likeness (QED) is 0.722. The third-order valence-corrected chi connectivity index (χ3v) is 5.71. The van der Waals surface area contributed by atoms with Gasteiger partial charge >= 0.3 is 0 Å². The number of fused-ring (bicyclic) bond motifs is 1. The van der Waals surface area contributed by atoms with Gasteiger partial charge in [-0.3, -0.25) is 4.79 Å². The fourth-order valence-corrected chi connectivity index (χ4v) is 4.52. The van der Waals surface area contributed by atoms with E-state index >= 15 is 0 Å². The summed E-state index contributed by atoms with van der Waals surface area (Å²) in [6.45, 7) is 3.33. The van der Waals surface area contributed by atoms with Gasteiger partial charge in [-0.05, 0) is 43.4 Å². The minimum atomic E-state index is -0.00337. The first-order chi connectivity index (χ1) is 12.1. The number of aliphatic hydroxyl groups excluding tert-OH is 1. The summed E-state index contributed by atoms with van der Waals surface area (Å²) in [5.41, 5.74) is 2.77. The topological polar surface area (TPSA) is 54.3 Å². The molecule has 1 amide bonds. The lowest BCUT2D eigenvalue weighted by Gasteiger charge is -2.14. The van der Waals surface area contributed by atoms with Crippen LogP contribution in [-0.2, 0) is 6.54 Å². The molecule has 4 nitrogen and oxygen atoms in total. The molecule has 2 N–H and O–H groups in total. The third kappa shape index (κ3) is 4.26. The van der Waals surface area contributed by atoms with Crippen LogP contribution in [-0.4, -0.2) is 28.7 Å². The van der Waals surface area contributed by atoms with Gasteiger partial charge in [-0.1, -0.05) is 41.6 Å². The summed E-state index contributed by atoms with van der Waals surface area (Å²) in [5.74, 6) is 0.601. The summed E-state index contributed by atoms with van der Waals surface area (Å²) in [7, 11) is 0. The van der Waals surface area contributed by atoms with Crippen LogP contribution in [0.3, 0.4) is 0 Å². The Morgan fingerprint density at radius 3 is 2.68 bits per heavy atom. The second kappa shape index (κ2) is 8.37. The maximum absolute atomic E-state index is 12.8. The minimum absolute atomic E-state index is 0.00337. The van der Waals surface area contributed by atoms with Gasteiger partial charge in [-0.25, -0.2) is 0 Å². The van der Waals surface area contributed by atoms with Crippen LogP contribution < -0.4 is 5.32 Å². The summed E-state index contributed by atoms with van der Waals surface area (Å²) in [6, 6.07) is 4.05. The lowest BCUT2D eigenvalue weighted by Crippen LogP contribution is -2.29. The molecule has 1 aliphatic carbocycles. The van der Waals surface area contributed by atoms with E-state index in [1.165, 1.54) is 38.5 Å². The van der Waals surface area contributed by atoms with E-state index in [2.05, 4.69) is 21.2 Å². The van der Waals surface area contributed by atoms with E-state index in [-0.39, 0.29) is 12.5 Å². The lowest BCUT2D eigenvalue weighted by molar-refractivity contribution is 0.0947. The Kier molecular flexibility index (Phi) is 6.18. The van der Waals surface area contributed by atoms with Crippen molar-refractivity contribution in [2.75, 3.05) is 13.2 Å². The molecule has 0 bridgehead atoms. The number of nitrogens with one attached hydrogen (secondary N) is 1. The highest BCUT2D eigenvalue weighted by Gasteiger charge is 2.19. The highest BCUT2D eigenvalue weighted by molar-refractivity contribution is 9.10. The standard InChI is InChI=1S/C20H27BrN2O2/c1-14-10-16(21)11-18-19(14)17(13-23(18)8-9-24)20(25)22-12-15-6-4-2-3-5-7-15/h10-11,13,15,24H,2-9,12H2,1H3,(H,22,25). The first kappa shape index (κ1) is 18.5. The van der Waals surface area contributed by atoms with Crippen LogP contribution in [0.4, 0.5) is 0 Å². The van der Waals surface area contributed by atoms with Crippen molar-refractivity contribution in [3.05, 3.63) is 33.9 Å². The Morgan fingerprint density at radius 1 is 1.28 bits per heavy atom. The Labute approximate surface area is 157 Å². The molecule has 1 fully saturated rings. The fourth-order valence-electron chi connectivity index (χ4n) is 3.96. The van der Waals surface area contributed by atoms with E-state index in [4.69, 9.17) is 0 Å². The number of hydrogen-bond acceptors (Lipinski definition) is 2. The maximum Gasteiger partial charge on any atom is 0.253 e. The molecule has 0 aliphatic heterocycles. The van der Waals surface area contributed by atoms with Crippen molar-refractivity contribution in [3.8, 4) is 0 Å². The van der Waals surface area contributed by atoms with Crippen molar-refractivity contribution < 1.29 is 9.90 Å². The van der Waals surface area contributed by atoms with E-state index in [0.29, 0.717) is 18.0 Å². The number of nitrogens with zero attached hydrogens (tertiary/aromatic N) is 1. The Hall–Kier alpha value is -1.33. The van der Waals surface area contributed by atoms with Gasteiger partial charge in [0.05, 0.1) is 17.7 Å². The molecular weight excluding hydrogens is 380 g/mol. The number of aryl methyl sites for hydroxylation is 1. The van der Waals surface area contributed by atoms with Gasteiger partial charge in [-0.15, -0.1) is 0 Å². The second-order valence-corrected chi connectivity index (χ2v) is 8.06. The average Bonchev–Trinajstić information content (AvgIpc) is 2.77. The molecule has 0 atom stereocenters. The van der Waals surface area contributed by atoms with Crippen LogP contribution in [0.5, 0.6) is 0 Å². The molecule has 3 rings (SSSR count). The van der Waals surface area contributed by atoms with Crippen LogP contribution in [0.25, 0.3) is 10.9 Å². The summed E-state index contributed by atoms with van der Waals surface area (Å²) in [5, 5.41) is 13.5. The molecule has 136 valence electrons. The molecule has 1 heterocycles. The van der Waals surface area contributed by atoms with Gasteiger partial charge in [0.2, 0.25) is 0 Å². The second-order valence-electron chi connectivity index (χ2n) is 7.14. The molecule has 2 aromatic rings. The summed E-state index contributed by atoms with van der Waals surface area (Å²) in [4.78, 5) is 12.8. The van der Waals surface area contributed by atoms with Gasteiger partial charge in [0.25, 0.3) is 5.91 Å². The minimum Gasteiger partial charge on any atom is -0.395 e. The fraction of sp³-hybridized carbons (Fsp3) is 0.550. The predicted molar refractivity (Wildman–Crippen MR) is 105 cm³/mol. The monoisotopic (exact) mass is 406 g/mol. The smallest absolute Gasteiger partial charge is 0.253 e. The number of aliphatic hydroxyl groups is 1. The molecular formula is C20H27BrN2O2. The maximum atomic E-state index is 12.8. The van der Waals surface area contributed by atoms with Crippen LogP contribution in [0.1, 0.15) is 54.4 Å². The Bertz CT molecular complexity index is 746. The van der Waals surface area contributed by atoms with Crippen molar-refractivity contribution in [2.45, 2.75) is 52.0 Å². The first-order valence-corrected chi connectivity index (χ1v) is 10.1. The molecule has 1 aromatic carbocycles. The van der Waals surface area contributed by atoms with E-state index < -0.39 is 0 Å². The van der Waals surface area contributed by atoms with E-state index in [1.807, 2.05) is 29.8 Å². The Morgan fingerprint density at radius 2 is 2.00 bits per heavy atom. The average molecular weight is 407 g/mol. The molecule has 25 heavy (non-hydrogen) atoms. The van der Waals surface area contributed by atoms with Gasteiger partial charge in [0.15, 0.2) is 0 Å². The predicted octanol–water partition coefficient (Wildman–Crippen LogP) is 4.40. The molecule has 0 spiro atoms. The zero-order valence-corrected chi connectivity index (χ0v) is 16.4. The van der Waals surface area contributed by atoms with Crippen molar-refractivity contribution in [3.63, 3.8) is 0 Å². The zero-order chi connectivity index (χ0) is 17.8. The van der Waals surface area contributed by atoms with Crippen molar-refractivity contribution in [2.24, 2.45) is 5.92 Å². The molecule has 1 aliphatic rings. The van der Waals surface area contributed by atoms with Crippen LogP contribution in [0.15, 0.2) is 22.8 Å². The molecule has 1 saturated carbocycles. The third-order valence-electron chi connectivity index (χ3n) is 5.25. The van der Waals surface area contributed by atoms with E-state index in [1.54, 1.807) is 0 Å². The summed E-state index contributed by atoms with van der Waals surface area (Å²) < 4.78 is 2.95. The lowest BCUT2D eigenvalue weighted by atomic mass is 10.00. The normalized spacial score (nSPS) is 16.1. The zero-order valence-electron chi connectivity index (χ0n) is 14.9. The van der Waals surface area contributed by atoms with E-state index in [9.17, 15) is 9.90 Å². The number of rotatable bonds is 5. The molecule has 5 heteroatoms. The summed E-state index contributed by atoms with van der Waals surface area (Å²) in [6.07, 6.45) is 9.53. The number of carbonyl (C=O) groups excluding carboxylic acids is 1. The van der Waals surface area contributed by atoms with Crippen molar-refractivity contribution in [1.82, 2.24) is 9.88 Å². The number of carbonyl (C=O) groups is 1. The highest BCUT2D eigenvalue weighted by Crippen LogP contribution is 2.29. The van der Waals surface area contributed by atoms with Crippen LogP contribution in [0.2, 0.25) is 0 Å². The van der Waals surface area contributed by atoms with Gasteiger partial charge in [0, 0.05) is 29.1 Å². The largest absolute Gasteiger partial charge is 0.395 e. The number of halogens is 1. The highest BCUT2D eigenvalue weighted by atomic mass is 79.9. The van der Waals surface area contributed by atoms with Crippen molar-refractivity contribution in [1.29, 1.82) is 0 Å². The van der Waals surface area contributed by atoms with Gasteiger partial charge in [-0.2, -0.15) is 0 Å². The van der Waals surface area contributed by atoms with E-state index in [0.717, 1.165) is 27.5 Å². The molecule has 1 aromatic heterocycles. The number of benzene rings is 1. The van der Waals surface area contributed by atoms with Crippen LogP contribution >= 0.6 is 15.9 Å². The van der Waals surface area contributed by atoms with Gasteiger partial charge in [0.1, 0.15) is 0 Å². The molecule has 0 radical (unpaired) electrons. The number of aromatic nitrogens is 1. The van der Waals surface area contributed by atoms with Gasteiger partial charge < -0.3 is 15.0 Å². The number of hydrogen-bond donors (Lipinski definition) is 2. The SMILES string of the molecule is Cc1cc(Br)cc2c1c(C(=O)NCC1CCCCCC1)cn2CCO. The molecule has 0 unspecified atom stereocenters.